The van der Waals surface area contributed by atoms with Crippen molar-refractivity contribution >= 4 is 29.7 Å². The molecule has 0 saturated carbocycles. The Bertz CT molecular complexity index is 627. The molecular formula is C23H44N4O5S. The molecule has 0 aromatic rings. The van der Waals surface area contributed by atoms with E-state index in [9.17, 15) is 14.4 Å². The van der Waals surface area contributed by atoms with Gasteiger partial charge in [-0.2, -0.15) is 11.8 Å². The number of thioether (sulfide) groups is 1. The predicted molar refractivity (Wildman–Crippen MR) is 132 cm³/mol. The summed E-state index contributed by atoms with van der Waals surface area (Å²) in [6, 6.07) is -1.48. The monoisotopic (exact) mass is 488 g/mol. The lowest BCUT2D eigenvalue weighted by molar-refractivity contribution is -0.130. The summed E-state index contributed by atoms with van der Waals surface area (Å²) in [7, 11) is 0. The maximum absolute atomic E-state index is 13.1. The molecule has 0 unspecified atom stereocenters. The molecule has 0 aliphatic carbocycles. The number of carbonyl (C=O) groups excluding carboxylic acids is 3. The van der Waals surface area contributed by atoms with Crippen molar-refractivity contribution in [3.8, 4) is 0 Å². The molecule has 1 heterocycles. The van der Waals surface area contributed by atoms with E-state index in [-0.39, 0.29) is 17.2 Å². The number of carbonyl (C=O) groups is 3. The summed E-state index contributed by atoms with van der Waals surface area (Å²) < 4.78 is 10.7. The van der Waals surface area contributed by atoms with Gasteiger partial charge >= 0.3 is 6.09 Å². The highest BCUT2D eigenvalue weighted by Crippen LogP contribution is 2.21. The SMILES string of the molecule is CSCC[C@H](NC(=O)[C@H](CC(C)(C)C)NC(=O)OC(C)(C)C)C(=O)NCCN1CCOCC1. The Hall–Kier alpha value is -1.52. The van der Waals surface area contributed by atoms with E-state index in [1.165, 1.54) is 0 Å². The Labute approximate surface area is 203 Å². The molecule has 2 atom stereocenters. The molecule has 0 aromatic carbocycles. The normalized spacial score (nSPS) is 17.1. The maximum Gasteiger partial charge on any atom is 0.408 e. The minimum atomic E-state index is -0.808. The van der Waals surface area contributed by atoms with E-state index < -0.39 is 23.8 Å². The van der Waals surface area contributed by atoms with E-state index in [1.807, 2.05) is 27.0 Å². The van der Waals surface area contributed by atoms with Gasteiger partial charge in [-0.15, -0.1) is 0 Å². The Morgan fingerprint density at radius 3 is 2.18 bits per heavy atom. The van der Waals surface area contributed by atoms with Crippen molar-refractivity contribution in [2.45, 2.75) is 72.1 Å². The molecule has 33 heavy (non-hydrogen) atoms. The molecule has 1 aliphatic heterocycles. The molecule has 1 saturated heterocycles. The third-order valence-electron chi connectivity index (χ3n) is 4.90. The van der Waals surface area contributed by atoms with Crippen molar-refractivity contribution in [3.63, 3.8) is 0 Å². The molecule has 10 heteroatoms. The first-order chi connectivity index (χ1) is 15.3. The van der Waals surface area contributed by atoms with Crippen molar-refractivity contribution in [2.75, 3.05) is 51.4 Å². The van der Waals surface area contributed by atoms with Gasteiger partial charge in [-0.1, -0.05) is 20.8 Å². The number of hydrogen-bond donors (Lipinski definition) is 3. The molecule has 3 amide bonds. The molecule has 3 N–H and O–H groups in total. The number of ether oxygens (including phenoxy) is 2. The first kappa shape index (κ1) is 29.5. The van der Waals surface area contributed by atoms with Gasteiger partial charge in [-0.3, -0.25) is 14.5 Å². The highest BCUT2D eigenvalue weighted by molar-refractivity contribution is 7.98. The molecule has 0 spiro atoms. The topological polar surface area (TPSA) is 109 Å². The average Bonchev–Trinajstić information content (AvgIpc) is 2.68. The standard InChI is InChI=1S/C23H44N4O5S/c1-22(2,3)16-18(26-21(30)32-23(4,5)6)20(29)25-17(8-15-33-7)19(28)24-9-10-27-11-13-31-14-12-27/h17-18H,8-16H2,1-7H3,(H,24,28)(H,25,29)(H,26,30)/t17-,18-/m0/s1. The Morgan fingerprint density at radius 2 is 1.64 bits per heavy atom. The lowest BCUT2D eigenvalue weighted by Crippen LogP contribution is -2.55. The van der Waals surface area contributed by atoms with Crippen LogP contribution in [-0.2, 0) is 19.1 Å². The summed E-state index contributed by atoms with van der Waals surface area (Å²) >= 11 is 1.61. The van der Waals surface area contributed by atoms with E-state index in [4.69, 9.17) is 9.47 Å². The molecule has 0 radical (unpaired) electrons. The third-order valence-corrected chi connectivity index (χ3v) is 5.54. The molecule has 1 aliphatic rings. The van der Waals surface area contributed by atoms with Crippen LogP contribution in [-0.4, -0.2) is 91.9 Å². The predicted octanol–water partition coefficient (Wildman–Crippen LogP) is 2.00. The van der Waals surface area contributed by atoms with Crippen LogP contribution in [0.25, 0.3) is 0 Å². The van der Waals surface area contributed by atoms with E-state index in [0.29, 0.717) is 32.6 Å². The second-order valence-electron chi connectivity index (χ2n) is 10.6. The molecule has 1 rings (SSSR count). The minimum absolute atomic E-state index is 0.211. The second kappa shape index (κ2) is 14.0. The van der Waals surface area contributed by atoms with Crippen molar-refractivity contribution in [2.24, 2.45) is 5.41 Å². The number of alkyl carbamates (subject to hydrolysis) is 1. The van der Waals surface area contributed by atoms with Gasteiger partial charge in [0.25, 0.3) is 0 Å². The fraction of sp³-hybridized carbons (Fsp3) is 0.870. The van der Waals surface area contributed by atoms with E-state index in [2.05, 4.69) is 20.9 Å². The minimum Gasteiger partial charge on any atom is -0.444 e. The van der Waals surface area contributed by atoms with Crippen molar-refractivity contribution < 1.29 is 23.9 Å². The van der Waals surface area contributed by atoms with Gasteiger partial charge in [-0.25, -0.2) is 4.79 Å². The lowest BCUT2D eigenvalue weighted by Gasteiger charge is -2.29. The van der Waals surface area contributed by atoms with Gasteiger partial charge in [0.15, 0.2) is 0 Å². The summed E-state index contributed by atoms with van der Waals surface area (Å²) in [6.45, 7) is 15.7. The number of amides is 3. The molecule has 192 valence electrons. The van der Waals surface area contributed by atoms with Crippen LogP contribution in [0.3, 0.4) is 0 Å². The Kier molecular flexibility index (Phi) is 12.5. The first-order valence-corrected chi connectivity index (χ1v) is 13.1. The van der Waals surface area contributed by atoms with Crippen molar-refractivity contribution in [1.82, 2.24) is 20.9 Å². The molecule has 0 aromatic heterocycles. The quantitative estimate of drug-likeness (QED) is 0.408. The molecule has 1 fully saturated rings. The molecule has 9 nitrogen and oxygen atoms in total. The maximum atomic E-state index is 13.1. The van der Waals surface area contributed by atoms with Crippen LogP contribution in [0.1, 0.15) is 54.4 Å². The lowest BCUT2D eigenvalue weighted by atomic mass is 9.87. The van der Waals surface area contributed by atoms with Crippen LogP contribution in [0.5, 0.6) is 0 Å². The van der Waals surface area contributed by atoms with Gasteiger partial charge in [0.1, 0.15) is 17.7 Å². The fourth-order valence-electron chi connectivity index (χ4n) is 3.33. The van der Waals surface area contributed by atoms with Gasteiger partial charge in [0.05, 0.1) is 13.2 Å². The van der Waals surface area contributed by atoms with Crippen molar-refractivity contribution in [1.29, 1.82) is 0 Å². The van der Waals surface area contributed by atoms with Crippen LogP contribution in [0.2, 0.25) is 0 Å². The molecular weight excluding hydrogens is 444 g/mol. The van der Waals surface area contributed by atoms with Crippen LogP contribution in [0.15, 0.2) is 0 Å². The Morgan fingerprint density at radius 1 is 1.00 bits per heavy atom. The number of rotatable bonds is 11. The molecule has 0 bridgehead atoms. The van der Waals surface area contributed by atoms with Crippen LogP contribution in [0, 0.1) is 5.41 Å². The summed E-state index contributed by atoms with van der Waals surface area (Å²) in [5.41, 5.74) is -0.889. The second-order valence-corrected chi connectivity index (χ2v) is 11.5. The van der Waals surface area contributed by atoms with Crippen LogP contribution in [0.4, 0.5) is 4.79 Å². The summed E-state index contributed by atoms with van der Waals surface area (Å²) in [5.74, 6) is 0.133. The van der Waals surface area contributed by atoms with Gasteiger partial charge in [0, 0.05) is 26.2 Å². The highest BCUT2D eigenvalue weighted by atomic mass is 32.2. The van der Waals surface area contributed by atoms with Crippen molar-refractivity contribution in [3.05, 3.63) is 0 Å². The summed E-state index contributed by atoms with van der Waals surface area (Å²) in [6.07, 6.45) is 2.22. The summed E-state index contributed by atoms with van der Waals surface area (Å²) in [4.78, 5) is 40.6. The zero-order valence-electron chi connectivity index (χ0n) is 21.4. The number of nitrogens with one attached hydrogen (secondary N) is 3. The van der Waals surface area contributed by atoms with Crippen LogP contribution < -0.4 is 16.0 Å². The van der Waals surface area contributed by atoms with Crippen LogP contribution >= 0.6 is 11.8 Å². The largest absolute Gasteiger partial charge is 0.444 e. The summed E-state index contributed by atoms with van der Waals surface area (Å²) in [5, 5.41) is 8.50. The number of hydrogen-bond acceptors (Lipinski definition) is 7. The third kappa shape index (κ3) is 13.7. The van der Waals surface area contributed by atoms with E-state index >= 15 is 0 Å². The number of nitrogens with zero attached hydrogens (tertiary/aromatic N) is 1. The first-order valence-electron chi connectivity index (χ1n) is 11.7. The average molecular weight is 489 g/mol. The zero-order chi connectivity index (χ0) is 25.1. The van der Waals surface area contributed by atoms with Gasteiger partial charge in [-0.05, 0) is 51.0 Å². The van der Waals surface area contributed by atoms with E-state index in [1.54, 1.807) is 32.5 Å². The smallest absolute Gasteiger partial charge is 0.408 e. The number of morpholine rings is 1. The van der Waals surface area contributed by atoms with Gasteiger partial charge < -0.3 is 25.4 Å². The Balaban J connectivity index is 2.75. The van der Waals surface area contributed by atoms with Gasteiger partial charge in [0.2, 0.25) is 11.8 Å². The zero-order valence-corrected chi connectivity index (χ0v) is 22.2. The highest BCUT2D eigenvalue weighted by Gasteiger charge is 2.31. The fourth-order valence-corrected chi connectivity index (χ4v) is 3.80. The van der Waals surface area contributed by atoms with E-state index in [0.717, 1.165) is 25.4 Å².